The van der Waals surface area contributed by atoms with E-state index in [1.54, 1.807) is 40.0 Å². The minimum Gasteiger partial charge on any atom is -0.497 e. The third kappa shape index (κ3) is 5.78. The third-order valence-electron chi connectivity index (χ3n) is 4.55. The van der Waals surface area contributed by atoms with Gasteiger partial charge in [-0.2, -0.15) is 0 Å². The van der Waals surface area contributed by atoms with Crippen molar-refractivity contribution in [3.8, 4) is 5.75 Å². The molecule has 168 valence electrons. The zero-order valence-electron chi connectivity index (χ0n) is 18.8. The van der Waals surface area contributed by atoms with Gasteiger partial charge in [-0.1, -0.05) is 6.92 Å². The lowest BCUT2D eigenvalue weighted by Crippen LogP contribution is -2.38. The number of esters is 1. The molecule has 0 aliphatic rings. The highest BCUT2D eigenvalue weighted by molar-refractivity contribution is 6.07. The number of ether oxygens (including phenoxy) is 2. The van der Waals surface area contributed by atoms with E-state index >= 15 is 0 Å². The summed E-state index contributed by atoms with van der Waals surface area (Å²) in [6.45, 7) is 7.31. The summed E-state index contributed by atoms with van der Waals surface area (Å²) >= 11 is 0. The highest BCUT2D eigenvalue weighted by atomic mass is 16.6. The van der Waals surface area contributed by atoms with E-state index in [4.69, 9.17) is 15.2 Å². The minimum absolute atomic E-state index is 0.185. The van der Waals surface area contributed by atoms with Gasteiger partial charge in [0, 0.05) is 18.4 Å². The van der Waals surface area contributed by atoms with E-state index in [-0.39, 0.29) is 17.8 Å². The van der Waals surface area contributed by atoms with Crippen LogP contribution in [-0.2, 0) is 17.7 Å². The normalized spacial score (nSPS) is 11.0. The van der Waals surface area contributed by atoms with Crippen LogP contribution < -0.4 is 15.8 Å². The Labute approximate surface area is 181 Å². The highest BCUT2D eigenvalue weighted by Crippen LogP contribution is 2.25. The van der Waals surface area contributed by atoms with Crippen LogP contribution in [0.5, 0.6) is 5.75 Å². The first-order valence-corrected chi connectivity index (χ1v) is 9.91. The van der Waals surface area contributed by atoms with Gasteiger partial charge in [-0.15, -0.1) is 0 Å². The molecule has 0 fully saturated rings. The molecule has 0 radical (unpaired) electrons. The van der Waals surface area contributed by atoms with Gasteiger partial charge < -0.3 is 25.5 Å². The standard InChI is InChI=1S/C22H30N4O5/c1-7-15-17(19(27)26(5)21(23)29)16(25-18(15)20(28)31-22(2,3)4)12-24-13-8-10-14(30-6)11-9-13/h8-11,24-25H,7,12H2,1-6H3,(H2,23,29). The van der Waals surface area contributed by atoms with Gasteiger partial charge in [0.05, 0.1) is 19.2 Å². The predicted molar refractivity (Wildman–Crippen MR) is 117 cm³/mol. The molecule has 0 spiro atoms. The largest absolute Gasteiger partial charge is 0.497 e. The Hall–Kier alpha value is -3.49. The van der Waals surface area contributed by atoms with Gasteiger partial charge in [-0.3, -0.25) is 9.69 Å². The zero-order chi connectivity index (χ0) is 23.3. The third-order valence-corrected chi connectivity index (χ3v) is 4.55. The van der Waals surface area contributed by atoms with Crippen molar-refractivity contribution in [2.75, 3.05) is 19.5 Å². The molecule has 0 bridgehead atoms. The van der Waals surface area contributed by atoms with Crippen LogP contribution in [0.3, 0.4) is 0 Å². The molecule has 0 saturated carbocycles. The number of primary amides is 1. The Kier molecular flexibility index (Phi) is 7.32. The number of hydrogen-bond donors (Lipinski definition) is 3. The summed E-state index contributed by atoms with van der Waals surface area (Å²) in [6, 6.07) is 6.37. The summed E-state index contributed by atoms with van der Waals surface area (Å²) < 4.78 is 10.6. The second kappa shape index (κ2) is 9.55. The van der Waals surface area contributed by atoms with Crippen LogP contribution in [0, 0.1) is 0 Å². The number of benzene rings is 1. The van der Waals surface area contributed by atoms with Crippen LogP contribution in [-0.4, -0.2) is 47.6 Å². The fourth-order valence-electron chi connectivity index (χ4n) is 3.01. The molecule has 9 nitrogen and oxygen atoms in total. The summed E-state index contributed by atoms with van der Waals surface area (Å²) in [4.78, 5) is 41.2. The van der Waals surface area contributed by atoms with Crippen LogP contribution in [0.4, 0.5) is 10.5 Å². The van der Waals surface area contributed by atoms with E-state index in [0.29, 0.717) is 23.4 Å². The van der Waals surface area contributed by atoms with E-state index in [1.807, 2.05) is 19.1 Å². The quantitative estimate of drug-likeness (QED) is 0.579. The van der Waals surface area contributed by atoms with E-state index in [1.165, 1.54) is 7.05 Å². The number of hydrogen-bond acceptors (Lipinski definition) is 6. The number of aromatic nitrogens is 1. The molecule has 0 aliphatic heterocycles. The molecule has 1 aromatic heterocycles. The van der Waals surface area contributed by atoms with Crippen molar-refractivity contribution >= 4 is 23.6 Å². The molecule has 1 heterocycles. The van der Waals surface area contributed by atoms with Crippen molar-refractivity contribution < 1.29 is 23.9 Å². The molecule has 2 aromatic rings. The lowest BCUT2D eigenvalue weighted by molar-refractivity contribution is 0.00621. The Morgan fingerprint density at radius 3 is 2.26 bits per heavy atom. The maximum Gasteiger partial charge on any atom is 0.355 e. The van der Waals surface area contributed by atoms with E-state index in [9.17, 15) is 14.4 Å². The number of nitrogens with zero attached hydrogens (tertiary/aromatic N) is 1. The number of methoxy groups -OCH3 is 1. The van der Waals surface area contributed by atoms with Gasteiger partial charge >= 0.3 is 12.0 Å². The number of carbonyl (C=O) groups excluding carboxylic acids is 3. The predicted octanol–water partition coefficient (Wildman–Crippen LogP) is 3.30. The Balaban J connectivity index is 2.46. The number of imide groups is 1. The second-order valence-corrected chi connectivity index (χ2v) is 7.97. The average Bonchev–Trinajstić information content (AvgIpc) is 3.08. The van der Waals surface area contributed by atoms with Crippen molar-refractivity contribution in [2.24, 2.45) is 5.73 Å². The molecular formula is C22H30N4O5. The van der Waals surface area contributed by atoms with Crippen LogP contribution in [0.15, 0.2) is 24.3 Å². The summed E-state index contributed by atoms with van der Waals surface area (Å²) in [6.07, 6.45) is 0.376. The van der Waals surface area contributed by atoms with Gasteiger partial charge in [0.15, 0.2) is 0 Å². The molecular weight excluding hydrogens is 400 g/mol. The zero-order valence-corrected chi connectivity index (χ0v) is 18.8. The van der Waals surface area contributed by atoms with Crippen molar-refractivity contribution in [2.45, 2.75) is 46.3 Å². The number of anilines is 1. The molecule has 31 heavy (non-hydrogen) atoms. The first-order chi connectivity index (χ1) is 14.5. The first kappa shape index (κ1) is 23.8. The number of aromatic amines is 1. The fourth-order valence-corrected chi connectivity index (χ4v) is 3.01. The Morgan fingerprint density at radius 1 is 1.16 bits per heavy atom. The Morgan fingerprint density at radius 2 is 1.77 bits per heavy atom. The number of H-pyrrole nitrogens is 1. The van der Waals surface area contributed by atoms with Gasteiger partial charge in [0.25, 0.3) is 5.91 Å². The number of urea groups is 1. The molecule has 1 aromatic carbocycles. The highest BCUT2D eigenvalue weighted by Gasteiger charge is 2.30. The number of carbonyl (C=O) groups is 3. The molecule has 0 atom stereocenters. The van der Waals surface area contributed by atoms with Gasteiger partial charge in [-0.05, 0) is 57.0 Å². The van der Waals surface area contributed by atoms with Crippen LogP contribution in [0.1, 0.15) is 59.8 Å². The summed E-state index contributed by atoms with van der Waals surface area (Å²) in [5.41, 5.74) is 6.71. The van der Waals surface area contributed by atoms with Crippen molar-refractivity contribution in [1.82, 2.24) is 9.88 Å². The SMILES string of the molecule is CCc1c(C(=O)OC(C)(C)C)[nH]c(CNc2ccc(OC)cc2)c1C(=O)N(C)C(N)=O. The molecule has 3 amide bonds. The molecule has 2 rings (SSSR count). The smallest absolute Gasteiger partial charge is 0.355 e. The van der Waals surface area contributed by atoms with E-state index in [0.717, 1.165) is 10.6 Å². The van der Waals surface area contributed by atoms with Crippen LogP contribution >= 0.6 is 0 Å². The van der Waals surface area contributed by atoms with Gasteiger partial charge in [0.1, 0.15) is 17.0 Å². The molecule has 0 unspecified atom stereocenters. The number of nitrogens with two attached hydrogens (primary N) is 1. The summed E-state index contributed by atoms with van der Waals surface area (Å²) in [7, 11) is 2.88. The Bertz CT molecular complexity index is 958. The maximum atomic E-state index is 13.0. The number of rotatable bonds is 7. The minimum atomic E-state index is -0.888. The fraction of sp³-hybridized carbons (Fsp3) is 0.409. The first-order valence-electron chi connectivity index (χ1n) is 9.91. The lowest BCUT2D eigenvalue weighted by atomic mass is 10.0. The summed E-state index contributed by atoms with van der Waals surface area (Å²) in [5, 5.41) is 3.20. The lowest BCUT2D eigenvalue weighted by Gasteiger charge is -2.19. The summed E-state index contributed by atoms with van der Waals surface area (Å²) in [5.74, 6) is -0.456. The molecule has 4 N–H and O–H groups in total. The van der Waals surface area contributed by atoms with E-state index < -0.39 is 23.5 Å². The van der Waals surface area contributed by atoms with Crippen molar-refractivity contribution in [3.05, 3.63) is 46.8 Å². The molecule has 0 aliphatic carbocycles. The van der Waals surface area contributed by atoms with Crippen molar-refractivity contribution in [3.63, 3.8) is 0 Å². The van der Waals surface area contributed by atoms with Gasteiger partial charge in [0.2, 0.25) is 0 Å². The van der Waals surface area contributed by atoms with Crippen molar-refractivity contribution in [1.29, 1.82) is 0 Å². The monoisotopic (exact) mass is 430 g/mol. The van der Waals surface area contributed by atoms with E-state index in [2.05, 4.69) is 10.3 Å². The topological polar surface area (TPSA) is 127 Å². The average molecular weight is 431 g/mol. The molecule has 0 saturated heterocycles. The number of amides is 3. The second-order valence-electron chi connectivity index (χ2n) is 7.97. The van der Waals surface area contributed by atoms with Gasteiger partial charge in [-0.25, -0.2) is 9.59 Å². The van der Waals surface area contributed by atoms with Crippen LogP contribution in [0.25, 0.3) is 0 Å². The van der Waals surface area contributed by atoms with Crippen LogP contribution in [0.2, 0.25) is 0 Å². The molecule has 9 heteroatoms. The maximum absolute atomic E-state index is 13.0. The number of nitrogens with one attached hydrogen (secondary N) is 2.